The fourth-order valence-electron chi connectivity index (χ4n) is 1.91. The average molecular weight is 295 g/mol. The van der Waals surface area contributed by atoms with Crippen LogP contribution in [0.3, 0.4) is 0 Å². The molecule has 20 heavy (non-hydrogen) atoms. The molecule has 0 bridgehead atoms. The lowest BCUT2D eigenvalue weighted by Crippen LogP contribution is -2.17. The summed E-state index contributed by atoms with van der Waals surface area (Å²) in [7, 11) is 0. The van der Waals surface area contributed by atoms with E-state index in [9.17, 15) is 9.90 Å². The fraction of sp³-hybridized carbons (Fsp3) is 0.286. The first-order chi connectivity index (χ1) is 9.54. The number of hydrogen-bond acceptors (Lipinski definition) is 4. The molecular formula is C14H15ClN2O3. The van der Waals surface area contributed by atoms with Crippen LogP contribution < -0.4 is 5.56 Å². The molecular weight excluding hydrogens is 280 g/mol. The van der Waals surface area contributed by atoms with Crippen LogP contribution in [0.15, 0.2) is 29.1 Å². The maximum Gasteiger partial charge on any atom is 0.262 e. The Morgan fingerprint density at radius 1 is 1.45 bits per heavy atom. The number of hydrogen-bond donors (Lipinski definition) is 2. The van der Waals surface area contributed by atoms with Crippen LogP contribution in [0, 0.1) is 0 Å². The van der Waals surface area contributed by atoms with Gasteiger partial charge in [0.05, 0.1) is 0 Å². The molecule has 2 rings (SSSR count). The van der Waals surface area contributed by atoms with Crippen LogP contribution in [0.4, 0.5) is 0 Å². The predicted molar refractivity (Wildman–Crippen MR) is 77.0 cm³/mol. The summed E-state index contributed by atoms with van der Waals surface area (Å²) in [6.07, 6.45) is -0.404. The van der Waals surface area contributed by atoms with Crippen LogP contribution in [0.25, 0.3) is 11.1 Å². The van der Waals surface area contributed by atoms with E-state index >= 15 is 0 Å². The number of ether oxygens (including phenoxy) is 1. The summed E-state index contributed by atoms with van der Waals surface area (Å²) in [4.78, 5) is 18.8. The van der Waals surface area contributed by atoms with Crippen LogP contribution in [-0.4, -0.2) is 21.7 Å². The van der Waals surface area contributed by atoms with E-state index in [0.29, 0.717) is 17.2 Å². The van der Waals surface area contributed by atoms with Crippen LogP contribution in [-0.2, 0) is 4.74 Å². The molecule has 1 unspecified atom stereocenters. The Balaban J connectivity index is 2.53. The Bertz CT molecular complexity index is 670. The number of halogens is 1. The smallest absolute Gasteiger partial charge is 0.262 e. The molecule has 1 heterocycles. The van der Waals surface area contributed by atoms with Crippen molar-refractivity contribution in [1.82, 2.24) is 9.97 Å². The summed E-state index contributed by atoms with van der Waals surface area (Å²) in [5.74, 6) is -0.0754. The summed E-state index contributed by atoms with van der Waals surface area (Å²) >= 11 is 6.04. The van der Waals surface area contributed by atoms with Gasteiger partial charge in [-0.2, -0.15) is 4.98 Å². The van der Waals surface area contributed by atoms with Crippen LogP contribution in [0.2, 0.25) is 5.02 Å². The average Bonchev–Trinajstić information content (AvgIpc) is 2.40. The van der Waals surface area contributed by atoms with Gasteiger partial charge in [-0.25, -0.2) is 0 Å². The Labute approximate surface area is 121 Å². The zero-order valence-electron chi connectivity index (χ0n) is 11.2. The Kier molecular flexibility index (Phi) is 4.42. The molecule has 0 aliphatic heterocycles. The summed E-state index contributed by atoms with van der Waals surface area (Å²) in [6.45, 7) is 4.07. The monoisotopic (exact) mass is 294 g/mol. The third kappa shape index (κ3) is 2.84. The minimum Gasteiger partial charge on any atom is -0.493 e. The third-order valence-electron chi connectivity index (χ3n) is 2.86. The Hall–Kier alpha value is -1.85. The van der Waals surface area contributed by atoms with E-state index < -0.39 is 11.7 Å². The van der Waals surface area contributed by atoms with Crippen molar-refractivity contribution in [1.29, 1.82) is 0 Å². The van der Waals surface area contributed by atoms with Crippen LogP contribution in [0.1, 0.15) is 25.8 Å². The van der Waals surface area contributed by atoms with E-state index in [2.05, 4.69) is 9.97 Å². The largest absolute Gasteiger partial charge is 0.493 e. The van der Waals surface area contributed by atoms with Gasteiger partial charge in [0, 0.05) is 17.2 Å². The highest BCUT2D eigenvalue weighted by Crippen LogP contribution is 2.30. The number of benzene rings is 1. The normalized spacial score (nSPS) is 12.3. The van der Waals surface area contributed by atoms with Crippen LogP contribution in [0.5, 0.6) is 5.88 Å². The molecule has 106 valence electrons. The van der Waals surface area contributed by atoms with Crippen molar-refractivity contribution in [3.63, 3.8) is 0 Å². The highest BCUT2D eigenvalue weighted by atomic mass is 35.5. The lowest BCUT2D eigenvalue weighted by atomic mass is 10.1. The molecule has 0 radical (unpaired) electrons. The summed E-state index contributed by atoms with van der Waals surface area (Å²) < 4.78 is 5.34. The molecule has 0 saturated carbocycles. The van der Waals surface area contributed by atoms with E-state index in [1.165, 1.54) is 0 Å². The maximum atomic E-state index is 12.2. The minimum atomic E-state index is -0.452. The molecule has 1 atom stereocenters. The molecule has 0 spiro atoms. The van der Waals surface area contributed by atoms with Crippen molar-refractivity contribution >= 4 is 11.6 Å². The van der Waals surface area contributed by atoms with E-state index in [4.69, 9.17) is 16.3 Å². The number of nitrogens with zero attached hydrogens (tertiary/aromatic N) is 1. The number of aromatic amines is 1. The number of H-pyrrole nitrogens is 1. The first-order valence-corrected chi connectivity index (χ1v) is 6.62. The molecule has 6 heteroatoms. The molecule has 0 saturated heterocycles. The number of aromatic nitrogens is 2. The highest BCUT2D eigenvalue weighted by molar-refractivity contribution is 6.33. The second-order valence-electron chi connectivity index (χ2n) is 4.23. The van der Waals surface area contributed by atoms with E-state index in [-0.39, 0.29) is 17.3 Å². The Morgan fingerprint density at radius 3 is 2.75 bits per heavy atom. The lowest BCUT2D eigenvalue weighted by molar-refractivity contribution is 0.0694. The zero-order chi connectivity index (χ0) is 14.7. The lowest BCUT2D eigenvalue weighted by Gasteiger charge is -2.12. The maximum absolute atomic E-state index is 12.2. The molecule has 2 aromatic rings. The molecule has 0 amide bonds. The van der Waals surface area contributed by atoms with Crippen molar-refractivity contribution in [2.45, 2.75) is 20.0 Å². The number of rotatable bonds is 4. The van der Waals surface area contributed by atoms with E-state index in [0.717, 1.165) is 0 Å². The predicted octanol–water partition coefficient (Wildman–Crippen LogP) is 2.89. The molecule has 0 aliphatic rings. The van der Waals surface area contributed by atoms with Crippen molar-refractivity contribution in [3.05, 3.63) is 45.5 Å². The second-order valence-corrected chi connectivity index (χ2v) is 4.63. The summed E-state index contributed by atoms with van der Waals surface area (Å²) in [5.41, 5.74) is 0.0474. The molecule has 1 aromatic heterocycles. The number of nitrogens with one attached hydrogen (secondary N) is 1. The van der Waals surface area contributed by atoms with Gasteiger partial charge in [0.25, 0.3) is 5.56 Å². The molecule has 0 aliphatic carbocycles. The topological polar surface area (TPSA) is 75.2 Å². The standard InChI is InChI=1S/C14H15ClN2O3/c1-3-20-8(2)12-16-13(18)11(14(19)17-12)9-6-4-5-7-10(9)15/h4-8H,3H2,1-2H3,(H2,16,17,18,19). The van der Waals surface area contributed by atoms with Gasteiger partial charge in [-0.15, -0.1) is 0 Å². The van der Waals surface area contributed by atoms with Crippen LogP contribution >= 0.6 is 11.6 Å². The van der Waals surface area contributed by atoms with E-state index in [1.54, 1.807) is 31.2 Å². The zero-order valence-corrected chi connectivity index (χ0v) is 11.9. The minimum absolute atomic E-state index is 0.0584. The first kappa shape index (κ1) is 14.6. The Morgan fingerprint density at radius 2 is 2.15 bits per heavy atom. The van der Waals surface area contributed by atoms with Gasteiger partial charge in [0.2, 0.25) is 5.88 Å². The highest BCUT2D eigenvalue weighted by Gasteiger charge is 2.17. The first-order valence-electron chi connectivity index (χ1n) is 6.24. The summed E-state index contributed by atoms with van der Waals surface area (Å²) in [6, 6.07) is 6.78. The van der Waals surface area contributed by atoms with Crippen molar-refractivity contribution in [2.75, 3.05) is 6.61 Å². The quantitative estimate of drug-likeness (QED) is 0.909. The number of aromatic hydroxyl groups is 1. The molecule has 1 aromatic carbocycles. The van der Waals surface area contributed by atoms with Gasteiger partial charge in [-0.3, -0.25) is 4.79 Å². The van der Waals surface area contributed by atoms with E-state index in [1.807, 2.05) is 6.92 Å². The van der Waals surface area contributed by atoms with Gasteiger partial charge in [0.1, 0.15) is 17.5 Å². The van der Waals surface area contributed by atoms with Gasteiger partial charge in [-0.05, 0) is 19.9 Å². The summed E-state index contributed by atoms with van der Waals surface area (Å²) in [5, 5.41) is 10.4. The van der Waals surface area contributed by atoms with Crippen molar-refractivity contribution < 1.29 is 9.84 Å². The molecule has 2 N–H and O–H groups in total. The van der Waals surface area contributed by atoms with Crippen molar-refractivity contribution in [3.8, 4) is 17.0 Å². The SMILES string of the molecule is CCOC(C)c1nc(O)c(-c2ccccc2Cl)c(=O)[nH]1. The fourth-order valence-corrected chi connectivity index (χ4v) is 2.14. The molecule has 0 fully saturated rings. The second kappa shape index (κ2) is 6.07. The van der Waals surface area contributed by atoms with Gasteiger partial charge < -0.3 is 14.8 Å². The third-order valence-corrected chi connectivity index (χ3v) is 3.19. The van der Waals surface area contributed by atoms with Gasteiger partial charge in [-0.1, -0.05) is 29.8 Å². The van der Waals surface area contributed by atoms with Gasteiger partial charge >= 0.3 is 0 Å². The van der Waals surface area contributed by atoms with Crippen molar-refractivity contribution in [2.24, 2.45) is 0 Å². The van der Waals surface area contributed by atoms with Gasteiger partial charge in [0.15, 0.2) is 0 Å². The molecule has 5 nitrogen and oxygen atoms in total.